The average Bonchev–Trinajstić information content (AvgIpc) is 2.98. The molecule has 2 aliphatic rings. The number of carboxylic acid groups (broad SMARTS) is 1. The van der Waals surface area contributed by atoms with Gasteiger partial charge >= 0.3 is 5.97 Å². The monoisotopic (exact) mass is 220 g/mol. The summed E-state index contributed by atoms with van der Waals surface area (Å²) >= 11 is 1.82. The summed E-state index contributed by atoms with van der Waals surface area (Å²) in [6.45, 7) is 0. The van der Waals surface area contributed by atoms with Crippen molar-refractivity contribution < 1.29 is 9.90 Å². The molecule has 1 N–H and O–H groups in total. The van der Waals surface area contributed by atoms with Crippen molar-refractivity contribution >= 4 is 17.7 Å². The first kappa shape index (κ1) is 9.28. The summed E-state index contributed by atoms with van der Waals surface area (Å²) in [6.07, 6.45) is 2.15. The van der Waals surface area contributed by atoms with Gasteiger partial charge in [-0.3, -0.25) is 4.79 Å². The zero-order chi connectivity index (χ0) is 10.5. The fourth-order valence-electron chi connectivity index (χ4n) is 2.47. The van der Waals surface area contributed by atoms with E-state index in [9.17, 15) is 9.90 Å². The third kappa shape index (κ3) is 1.29. The molecule has 1 atom stereocenters. The summed E-state index contributed by atoms with van der Waals surface area (Å²) in [5.74, 6) is 0.0521. The second kappa shape index (κ2) is 3.01. The highest BCUT2D eigenvalue weighted by Gasteiger charge is 2.55. The zero-order valence-corrected chi connectivity index (χ0v) is 9.09. The van der Waals surface area contributed by atoms with E-state index in [4.69, 9.17) is 0 Å². The maximum atomic E-state index is 11.4. The van der Waals surface area contributed by atoms with Gasteiger partial charge in [-0.05, 0) is 29.9 Å². The molecule has 78 valence electrons. The fraction of sp³-hybridized carbons (Fsp3) is 0.417. The molecule has 1 heterocycles. The van der Waals surface area contributed by atoms with Gasteiger partial charge < -0.3 is 5.11 Å². The molecule has 1 saturated carbocycles. The van der Waals surface area contributed by atoms with Crippen LogP contribution < -0.4 is 0 Å². The molecule has 1 spiro atoms. The minimum atomic E-state index is -0.653. The number of thioether (sulfide) groups is 1. The van der Waals surface area contributed by atoms with Crippen molar-refractivity contribution in [3.8, 4) is 0 Å². The van der Waals surface area contributed by atoms with Crippen LogP contribution in [0.2, 0.25) is 0 Å². The van der Waals surface area contributed by atoms with Crippen LogP contribution in [-0.2, 0) is 4.79 Å². The number of carboxylic acids is 1. The van der Waals surface area contributed by atoms with Crippen molar-refractivity contribution in [1.29, 1.82) is 0 Å². The molecule has 1 unspecified atom stereocenters. The molecule has 1 aromatic rings. The van der Waals surface area contributed by atoms with Crippen LogP contribution in [0, 0.1) is 5.41 Å². The van der Waals surface area contributed by atoms with Gasteiger partial charge in [-0.1, -0.05) is 18.2 Å². The van der Waals surface area contributed by atoms with E-state index in [1.165, 1.54) is 0 Å². The molecule has 1 fully saturated rings. The van der Waals surface area contributed by atoms with Crippen LogP contribution in [0.15, 0.2) is 29.2 Å². The largest absolute Gasteiger partial charge is 0.481 e. The van der Waals surface area contributed by atoms with Crippen LogP contribution in [0.1, 0.15) is 24.3 Å². The van der Waals surface area contributed by atoms with Crippen LogP contribution in [0.4, 0.5) is 0 Å². The van der Waals surface area contributed by atoms with Crippen LogP contribution in [0.3, 0.4) is 0 Å². The number of hydrogen-bond acceptors (Lipinski definition) is 2. The molecule has 1 aliphatic heterocycles. The van der Waals surface area contributed by atoms with Crippen LogP contribution >= 0.6 is 11.8 Å². The summed E-state index contributed by atoms with van der Waals surface area (Å²) in [4.78, 5) is 12.5. The Labute approximate surface area is 92.7 Å². The lowest BCUT2D eigenvalue weighted by Gasteiger charge is -2.30. The summed E-state index contributed by atoms with van der Waals surface area (Å²) in [5.41, 5.74) is 1.10. The molecular formula is C12H12O2S. The van der Waals surface area contributed by atoms with Crippen LogP contribution in [0.5, 0.6) is 0 Å². The molecule has 1 aromatic carbocycles. The Bertz CT molecular complexity index is 423. The standard InChI is InChI=1S/C12H12O2S/c13-11(14)10-8-3-1-2-4-9(8)15-7-12(10)5-6-12/h1-4,10H,5-7H2,(H,13,14). The molecule has 0 bridgehead atoms. The van der Waals surface area contributed by atoms with Gasteiger partial charge in [0.15, 0.2) is 0 Å². The summed E-state index contributed by atoms with van der Waals surface area (Å²) in [5, 5.41) is 9.35. The van der Waals surface area contributed by atoms with Crippen molar-refractivity contribution in [2.45, 2.75) is 23.7 Å². The van der Waals surface area contributed by atoms with E-state index in [2.05, 4.69) is 0 Å². The van der Waals surface area contributed by atoms with Crippen LogP contribution in [0.25, 0.3) is 0 Å². The van der Waals surface area contributed by atoms with Gasteiger partial charge in [0.25, 0.3) is 0 Å². The maximum absolute atomic E-state index is 11.4. The minimum absolute atomic E-state index is 0.0743. The molecular weight excluding hydrogens is 208 g/mol. The molecule has 0 aromatic heterocycles. The summed E-state index contributed by atoms with van der Waals surface area (Å²) < 4.78 is 0. The normalized spacial score (nSPS) is 26.0. The molecule has 0 saturated heterocycles. The number of rotatable bonds is 1. The van der Waals surface area contributed by atoms with Gasteiger partial charge in [0.2, 0.25) is 0 Å². The van der Waals surface area contributed by atoms with E-state index >= 15 is 0 Å². The van der Waals surface area contributed by atoms with E-state index in [1.54, 1.807) is 0 Å². The van der Waals surface area contributed by atoms with E-state index < -0.39 is 5.97 Å². The first-order valence-electron chi connectivity index (χ1n) is 5.17. The highest BCUT2D eigenvalue weighted by atomic mass is 32.2. The number of fused-ring (bicyclic) bond motifs is 1. The van der Waals surface area contributed by atoms with Gasteiger partial charge in [0.1, 0.15) is 0 Å². The van der Waals surface area contributed by atoms with Gasteiger partial charge in [-0.15, -0.1) is 11.8 Å². The Hall–Kier alpha value is -0.960. The average molecular weight is 220 g/mol. The lowest BCUT2D eigenvalue weighted by Crippen LogP contribution is -2.28. The summed E-state index contributed by atoms with van der Waals surface area (Å²) in [7, 11) is 0. The molecule has 15 heavy (non-hydrogen) atoms. The molecule has 1 aliphatic carbocycles. The van der Waals surface area contributed by atoms with Crippen molar-refractivity contribution in [2.75, 3.05) is 5.75 Å². The smallest absolute Gasteiger partial charge is 0.311 e. The third-order valence-electron chi connectivity index (χ3n) is 3.50. The predicted octanol–water partition coefficient (Wildman–Crippen LogP) is 2.74. The molecule has 3 heteroatoms. The van der Waals surface area contributed by atoms with Gasteiger partial charge in [0, 0.05) is 10.6 Å². The van der Waals surface area contributed by atoms with Gasteiger partial charge in [0.05, 0.1) is 5.92 Å². The third-order valence-corrected chi connectivity index (χ3v) is 4.90. The Morgan fingerprint density at radius 3 is 2.80 bits per heavy atom. The highest BCUT2D eigenvalue weighted by Crippen LogP contribution is 2.62. The van der Waals surface area contributed by atoms with E-state index in [-0.39, 0.29) is 11.3 Å². The molecule has 0 amide bonds. The first-order chi connectivity index (χ1) is 7.23. The Kier molecular flexibility index (Phi) is 1.87. The topological polar surface area (TPSA) is 37.3 Å². The number of carbonyl (C=O) groups is 1. The first-order valence-corrected chi connectivity index (χ1v) is 6.16. The Morgan fingerprint density at radius 2 is 2.13 bits per heavy atom. The predicted molar refractivity (Wildman–Crippen MR) is 59.2 cm³/mol. The quantitative estimate of drug-likeness (QED) is 0.790. The Balaban J connectivity index is 2.12. The van der Waals surface area contributed by atoms with Crippen molar-refractivity contribution in [3.63, 3.8) is 0 Å². The van der Waals surface area contributed by atoms with E-state index in [0.29, 0.717) is 0 Å². The number of benzene rings is 1. The summed E-state index contributed by atoms with van der Waals surface area (Å²) in [6, 6.07) is 7.93. The number of aliphatic carboxylic acids is 1. The number of hydrogen-bond donors (Lipinski definition) is 1. The lowest BCUT2D eigenvalue weighted by molar-refractivity contribution is -0.140. The van der Waals surface area contributed by atoms with Crippen molar-refractivity contribution in [1.82, 2.24) is 0 Å². The molecule has 2 nitrogen and oxygen atoms in total. The van der Waals surface area contributed by atoms with Crippen LogP contribution in [-0.4, -0.2) is 16.8 Å². The van der Waals surface area contributed by atoms with Crippen molar-refractivity contribution in [3.05, 3.63) is 29.8 Å². The highest BCUT2D eigenvalue weighted by molar-refractivity contribution is 7.99. The van der Waals surface area contributed by atoms with Crippen molar-refractivity contribution in [2.24, 2.45) is 5.41 Å². The maximum Gasteiger partial charge on any atom is 0.311 e. The Morgan fingerprint density at radius 1 is 1.40 bits per heavy atom. The fourth-order valence-corrected chi connectivity index (χ4v) is 3.90. The SMILES string of the molecule is O=C(O)C1c2ccccc2SCC12CC2. The zero-order valence-electron chi connectivity index (χ0n) is 8.27. The minimum Gasteiger partial charge on any atom is -0.481 e. The van der Waals surface area contributed by atoms with E-state index in [0.717, 1.165) is 29.1 Å². The van der Waals surface area contributed by atoms with Gasteiger partial charge in [-0.2, -0.15) is 0 Å². The lowest BCUT2D eigenvalue weighted by atomic mass is 9.84. The van der Waals surface area contributed by atoms with E-state index in [1.807, 2.05) is 36.0 Å². The second-order valence-electron chi connectivity index (χ2n) is 4.46. The second-order valence-corrected chi connectivity index (χ2v) is 5.48. The molecule has 3 rings (SSSR count). The molecule has 0 radical (unpaired) electrons. The van der Waals surface area contributed by atoms with Gasteiger partial charge in [-0.25, -0.2) is 0 Å².